The minimum Gasteiger partial charge on any atom is -0.363 e. The van der Waals surface area contributed by atoms with Crippen LogP contribution in [0, 0.1) is 0 Å². The number of sulfone groups is 1. The molecular weight excluding hydrogens is 302 g/mol. The lowest BCUT2D eigenvalue weighted by atomic mass is 10.4. The average molecular weight is 321 g/mol. The zero-order valence-corrected chi connectivity index (χ0v) is 13.1. The standard InChI is InChI=1S/C11H19N3O4S2/c1-9-8-19(15,16)4-3-14(9)20(17,18)11-5-10(6-12-2)13-7-11/h5,7,9,12-13H,3-4,6,8H2,1-2H3. The van der Waals surface area contributed by atoms with Crippen molar-refractivity contribution in [2.75, 3.05) is 25.1 Å². The van der Waals surface area contributed by atoms with Crippen molar-refractivity contribution in [3.8, 4) is 0 Å². The molecule has 2 N–H and O–H groups in total. The Labute approximate surface area is 119 Å². The summed E-state index contributed by atoms with van der Waals surface area (Å²) in [6, 6.07) is 1.03. The molecule has 0 saturated carbocycles. The van der Waals surface area contributed by atoms with Crippen molar-refractivity contribution in [2.45, 2.75) is 24.4 Å². The van der Waals surface area contributed by atoms with Crippen molar-refractivity contribution in [1.82, 2.24) is 14.6 Å². The first-order valence-corrected chi connectivity index (χ1v) is 9.56. The molecule has 1 aromatic rings. The smallest absolute Gasteiger partial charge is 0.244 e. The van der Waals surface area contributed by atoms with Crippen molar-refractivity contribution >= 4 is 19.9 Å². The summed E-state index contributed by atoms with van der Waals surface area (Å²) in [4.78, 5) is 3.07. The van der Waals surface area contributed by atoms with Gasteiger partial charge in [-0.15, -0.1) is 0 Å². The molecule has 1 fully saturated rings. The van der Waals surface area contributed by atoms with Gasteiger partial charge in [-0.25, -0.2) is 16.8 Å². The maximum Gasteiger partial charge on any atom is 0.244 e. The Kier molecular flexibility index (Phi) is 4.24. The molecule has 0 spiro atoms. The highest BCUT2D eigenvalue weighted by Gasteiger charge is 2.36. The van der Waals surface area contributed by atoms with Crippen LogP contribution in [0.4, 0.5) is 0 Å². The summed E-state index contributed by atoms with van der Waals surface area (Å²) in [7, 11) is -5.01. The maximum atomic E-state index is 12.5. The Bertz CT molecular complexity index is 678. The lowest BCUT2D eigenvalue weighted by molar-refractivity contribution is 0.357. The molecule has 7 nitrogen and oxygen atoms in total. The van der Waals surface area contributed by atoms with Crippen LogP contribution in [0.15, 0.2) is 17.2 Å². The van der Waals surface area contributed by atoms with Crippen molar-refractivity contribution in [1.29, 1.82) is 0 Å². The van der Waals surface area contributed by atoms with E-state index in [9.17, 15) is 16.8 Å². The summed E-state index contributed by atoms with van der Waals surface area (Å²) in [5.41, 5.74) is 0.767. The number of rotatable bonds is 4. The van der Waals surface area contributed by atoms with Crippen LogP contribution < -0.4 is 5.32 Å². The fraction of sp³-hybridized carbons (Fsp3) is 0.636. The van der Waals surface area contributed by atoms with Gasteiger partial charge in [0.05, 0.1) is 16.4 Å². The molecule has 1 aliphatic heterocycles. The molecule has 20 heavy (non-hydrogen) atoms. The van der Waals surface area contributed by atoms with Gasteiger partial charge in [0.25, 0.3) is 0 Å². The van der Waals surface area contributed by atoms with Gasteiger partial charge in [-0.3, -0.25) is 0 Å². The minimum absolute atomic E-state index is 0.0123. The SMILES string of the molecule is CNCc1cc(S(=O)(=O)N2CCS(=O)(=O)CC2C)c[nH]1. The van der Waals surface area contributed by atoms with E-state index in [-0.39, 0.29) is 22.9 Å². The largest absolute Gasteiger partial charge is 0.363 e. The zero-order chi connectivity index (χ0) is 15.0. The van der Waals surface area contributed by atoms with Crippen molar-refractivity contribution in [2.24, 2.45) is 0 Å². The van der Waals surface area contributed by atoms with Crippen LogP contribution in [-0.2, 0) is 26.4 Å². The molecule has 114 valence electrons. The van der Waals surface area contributed by atoms with Gasteiger partial charge in [0, 0.05) is 31.0 Å². The van der Waals surface area contributed by atoms with E-state index < -0.39 is 25.9 Å². The van der Waals surface area contributed by atoms with E-state index in [0.717, 1.165) is 5.69 Å². The Morgan fingerprint density at radius 2 is 2.20 bits per heavy atom. The highest BCUT2D eigenvalue weighted by Crippen LogP contribution is 2.22. The molecule has 0 radical (unpaired) electrons. The molecule has 1 aliphatic rings. The van der Waals surface area contributed by atoms with E-state index in [2.05, 4.69) is 10.3 Å². The van der Waals surface area contributed by atoms with Gasteiger partial charge >= 0.3 is 0 Å². The van der Waals surface area contributed by atoms with Gasteiger partial charge in [0.15, 0.2) is 9.84 Å². The molecule has 2 rings (SSSR count). The molecular formula is C11H19N3O4S2. The molecule has 0 aromatic carbocycles. The second kappa shape index (κ2) is 5.47. The van der Waals surface area contributed by atoms with E-state index in [1.54, 1.807) is 20.0 Å². The summed E-state index contributed by atoms with van der Waals surface area (Å²) < 4.78 is 49.3. The van der Waals surface area contributed by atoms with Crippen LogP contribution in [0.2, 0.25) is 0 Å². The summed E-state index contributed by atoms with van der Waals surface area (Å²) in [6.45, 7) is 2.17. The normalized spacial score (nSPS) is 23.8. The number of sulfonamides is 1. The lowest BCUT2D eigenvalue weighted by Gasteiger charge is -2.31. The van der Waals surface area contributed by atoms with Crippen LogP contribution in [-0.4, -0.2) is 57.3 Å². The van der Waals surface area contributed by atoms with Crippen molar-refractivity contribution < 1.29 is 16.8 Å². The van der Waals surface area contributed by atoms with Crippen LogP contribution in [0.25, 0.3) is 0 Å². The molecule has 9 heteroatoms. The third kappa shape index (κ3) is 3.05. The van der Waals surface area contributed by atoms with Gasteiger partial charge < -0.3 is 10.3 Å². The molecule has 1 atom stereocenters. The first-order chi connectivity index (χ1) is 9.26. The summed E-state index contributed by atoms with van der Waals surface area (Å²) >= 11 is 0. The number of aromatic amines is 1. The first-order valence-electron chi connectivity index (χ1n) is 6.30. The number of aromatic nitrogens is 1. The van der Waals surface area contributed by atoms with Crippen LogP contribution in [0.5, 0.6) is 0 Å². The van der Waals surface area contributed by atoms with Crippen molar-refractivity contribution in [3.05, 3.63) is 18.0 Å². The monoisotopic (exact) mass is 321 g/mol. The van der Waals surface area contributed by atoms with E-state index in [4.69, 9.17) is 0 Å². The van der Waals surface area contributed by atoms with Gasteiger partial charge in [0.2, 0.25) is 10.0 Å². The molecule has 1 saturated heterocycles. The van der Waals surface area contributed by atoms with Gasteiger partial charge in [-0.2, -0.15) is 4.31 Å². The summed E-state index contributed by atoms with van der Waals surface area (Å²) in [5, 5.41) is 2.93. The van der Waals surface area contributed by atoms with Crippen LogP contribution >= 0.6 is 0 Å². The molecule has 1 unspecified atom stereocenters. The average Bonchev–Trinajstić information content (AvgIpc) is 2.77. The number of H-pyrrole nitrogens is 1. The summed E-state index contributed by atoms with van der Waals surface area (Å²) in [5.74, 6) is -0.246. The van der Waals surface area contributed by atoms with E-state index in [0.29, 0.717) is 6.54 Å². The molecule has 0 amide bonds. The quantitative estimate of drug-likeness (QED) is 0.782. The Morgan fingerprint density at radius 1 is 1.50 bits per heavy atom. The highest BCUT2D eigenvalue weighted by molar-refractivity contribution is 7.92. The predicted octanol–water partition coefficient (Wildman–Crippen LogP) is -0.458. The van der Waals surface area contributed by atoms with E-state index in [1.165, 1.54) is 10.5 Å². The fourth-order valence-corrected chi connectivity index (χ4v) is 5.75. The number of hydrogen-bond acceptors (Lipinski definition) is 5. The van der Waals surface area contributed by atoms with Gasteiger partial charge in [-0.1, -0.05) is 0 Å². The van der Waals surface area contributed by atoms with Gasteiger partial charge in [-0.05, 0) is 20.0 Å². The third-order valence-corrected chi connectivity index (χ3v) is 7.09. The minimum atomic E-state index is -3.65. The number of hydrogen-bond donors (Lipinski definition) is 2. The van der Waals surface area contributed by atoms with E-state index in [1.807, 2.05) is 0 Å². The molecule has 0 aliphatic carbocycles. The second-order valence-electron chi connectivity index (χ2n) is 4.97. The third-order valence-electron chi connectivity index (χ3n) is 3.30. The predicted molar refractivity (Wildman–Crippen MR) is 75.6 cm³/mol. The Hall–Kier alpha value is -0.900. The molecule has 1 aromatic heterocycles. The second-order valence-corrected chi connectivity index (χ2v) is 9.09. The first kappa shape index (κ1) is 15.5. The number of nitrogens with one attached hydrogen (secondary N) is 2. The highest BCUT2D eigenvalue weighted by atomic mass is 32.2. The molecule has 2 heterocycles. The van der Waals surface area contributed by atoms with Gasteiger partial charge in [0.1, 0.15) is 0 Å². The van der Waals surface area contributed by atoms with Crippen LogP contribution in [0.1, 0.15) is 12.6 Å². The molecule has 0 bridgehead atoms. The Balaban J connectivity index is 2.26. The lowest BCUT2D eigenvalue weighted by Crippen LogP contribution is -2.49. The van der Waals surface area contributed by atoms with Crippen LogP contribution in [0.3, 0.4) is 0 Å². The summed E-state index contributed by atoms with van der Waals surface area (Å²) in [6.07, 6.45) is 1.44. The van der Waals surface area contributed by atoms with E-state index >= 15 is 0 Å². The zero-order valence-electron chi connectivity index (χ0n) is 11.5. The van der Waals surface area contributed by atoms with Crippen molar-refractivity contribution in [3.63, 3.8) is 0 Å². The maximum absolute atomic E-state index is 12.5. The topological polar surface area (TPSA) is 99.3 Å². The fourth-order valence-electron chi connectivity index (χ4n) is 2.34. The Morgan fingerprint density at radius 3 is 2.80 bits per heavy atom. The number of nitrogens with zero attached hydrogens (tertiary/aromatic N) is 1.